The van der Waals surface area contributed by atoms with E-state index in [1.54, 1.807) is 12.1 Å². The van der Waals surface area contributed by atoms with Gasteiger partial charge in [-0.2, -0.15) is 0 Å². The highest BCUT2D eigenvalue weighted by Crippen LogP contribution is 2.38. The van der Waals surface area contributed by atoms with Crippen LogP contribution < -0.4 is 5.73 Å². The molecule has 1 saturated heterocycles. The molecule has 1 heterocycles. The monoisotopic (exact) mass is 277 g/mol. The lowest BCUT2D eigenvalue weighted by Gasteiger charge is -2.35. The minimum absolute atomic E-state index is 0.165. The first-order valence-corrected chi connectivity index (χ1v) is 7.14. The van der Waals surface area contributed by atoms with Crippen molar-refractivity contribution in [3.05, 3.63) is 35.6 Å². The number of halogens is 1. The minimum Gasteiger partial charge on any atom is -0.378 e. The number of hydrogen-bond acceptors (Lipinski definition) is 2. The Kier molecular flexibility index (Phi) is 3.87. The fraction of sp³-hybridized carbons (Fsp3) is 0.533. The predicted molar refractivity (Wildman–Crippen MR) is 76.2 cm³/mol. The molecule has 5 heteroatoms. The number of guanidine groups is 1. The first-order chi connectivity index (χ1) is 9.72. The second-order valence-electron chi connectivity index (χ2n) is 5.46. The lowest BCUT2D eigenvalue weighted by molar-refractivity contribution is 0.0671. The number of morpholine rings is 1. The zero-order chi connectivity index (χ0) is 13.9. The van der Waals surface area contributed by atoms with Gasteiger partial charge < -0.3 is 15.4 Å². The number of aliphatic imine (C=N–C) groups is 1. The van der Waals surface area contributed by atoms with Crippen LogP contribution in [0.15, 0.2) is 29.3 Å². The van der Waals surface area contributed by atoms with Crippen molar-refractivity contribution in [2.45, 2.75) is 24.8 Å². The number of rotatable bonds is 2. The summed E-state index contributed by atoms with van der Waals surface area (Å²) in [7, 11) is 0. The predicted octanol–water partition coefficient (Wildman–Crippen LogP) is 1.72. The topological polar surface area (TPSA) is 50.8 Å². The van der Waals surface area contributed by atoms with E-state index in [0.29, 0.717) is 25.1 Å². The van der Waals surface area contributed by atoms with Crippen LogP contribution in [-0.2, 0) is 4.74 Å². The van der Waals surface area contributed by atoms with Crippen LogP contribution >= 0.6 is 0 Å². The van der Waals surface area contributed by atoms with Gasteiger partial charge in [0.1, 0.15) is 5.82 Å². The van der Waals surface area contributed by atoms with Crippen LogP contribution in [0.1, 0.15) is 24.3 Å². The second kappa shape index (κ2) is 5.79. The molecule has 1 aromatic rings. The van der Waals surface area contributed by atoms with E-state index >= 15 is 0 Å². The molecule has 1 aromatic carbocycles. The van der Waals surface area contributed by atoms with E-state index in [-0.39, 0.29) is 11.9 Å². The molecule has 0 unspecified atom stereocenters. The molecular weight excluding hydrogens is 257 g/mol. The maximum absolute atomic E-state index is 13.2. The molecule has 2 aliphatic rings. The highest BCUT2D eigenvalue weighted by atomic mass is 19.1. The van der Waals surface area contributed by atoms with E-state index in [4.69, 9.17) is 10.5 Å². The molecule has 0 aromatic heterocycles. The summed E-state index contributed by atoms with van der Waals surface area (Å²) in [4.78, 5) is 6.64. The third-order valence-electron chi connectivity index (χ3n) is 4.08. The van der Waals surface area contributed by atoms with Crippen molar-refractivity contribution in [3.8, 4) is 0 Å². The molecule has 20 heavy (non-hydrogen) atoms. The summed E-state index contributed by atoms with van der Waals surface area (Å²) < 4.78 is 18.5. The Hall–Kier alpha value is -1.62. The SMILES string of the molecule is NC(=NC1CC(c2cccc(F)c2)C1)N1CCOCC1. The maximum atomic E-state index is 13.2. The Bertz CT molecular complexity index is 494. The molecule has 1 saturated carbocycles. The summed E-state index contributed by atoms with van der Waals surface area (Å²) in [5.41, 5.74) is 7.10. The average Bonchev–Trinajstić information content (AvgIpc) is 2.43. The second-order valence-corrected chi connectivity index (χ2v) is 5.46. The van der Waals surface area contributed by atoms with Gasteiger partial charge in [0.2, 0.25) is 0 Å². The van der Waals surface area contributed by atoms with Gasteiger partial charge in [-0.3, -0.25) is 0 Å². The molecule has 0 spiro atoms. The molecule has 2 fully saturated rings. The van der Waals surface area contributed by atoms with Gasteiger partial charge in [0, 0.05) is 13.1 Å². The lowest BCUT2D eigenvalue weighted by Crippen LogP contribution is -2.46. The molecular formula is C15H20FN3O. The largest absolute Gasteiger partial charge is 0.378 e. The van der Waals surface area contributed by atoms with Crippen LogP contribution in [0.4, 0.5) is 4.39 Å². The van der Waals surface area contributed by atoms with Crippen LogP contribution in [0.3, 0.4) is 0 Å². The number of nitrogens with two attached hydrogens (primary N) is 1. The van der Waals surface area contributed by atoms with E-state index in [0.717, 1.165) is 31.5 Å². The molecule has 108 valence electrons. The third kappa shape index (κ3) is 2.93. The van der Waals surface area contributed by atoms with Gasteiger partial charge in [-0.15, -0.1) is 0 Å². The van der Waals surface area contributed by atoms with Gasteiger partial charge in [-0.05, 0) is 36.5 Å². The first-order valence-electron chi connectivity index (χ1n) is 7.14. The van der Waals surface area contributed by atoms with Crippen molar-refractivity contribution in [2.75, 3.05) is 26.3 Å². The molecule has 0 amide bonds. The summed E-state index contributed by atoms with van der Waals surface area (Å²) in [5, 5.41) is 0. The van der Waals surface area contributed by atoms with Crippen molar-refractivity contribution < 1.29 is 9.13 Å². The minimum atomic E-state index is -0.165. The fourth-order valence-electron chi connectivity index (χ4n) is 2.79. The Morgan fingerprint density at radius 2 is 2.05 bits per heavy atom. The fourth-order valence-corrected chi connectivity index (χ4v) is 2.79. The molecule has 0 bridgehead atoms. The number of nitrogens with zero attached hydrogens (tertiary/aromatic N) is 2. The highest BCUT2D eigenvalue weighted by molar-refractivity contribution is 5.78. The van der Waals surface area contributed by atoms with Gasteiger partial charge in [-0.1, -0.05) is 12.1 Å². The van der Waals surface area contributed by atoms with Gasteiger partial charge in [0.05, 0.1) is 19.3 Å². The molecule has 4 nitrogen and oxygen atoms in total. The first kappa shape index (κ1) is 13.4. The quantitative estimate of drug-likeness (QED) is 0.661. The third-order valence-corrected chi connectivity index (χ3v) is 4.08. The van der Waals surface area contributed by atoms with E-state index in [9.17, 15) is 4.39 Å². The Labute approximate surface area is 118 Å². The van der Waals surface area contributed by atoms with Gasteiger partial charge in [0.15, 0.2) is 5.96 Å². The van der Waals surface area contributed by atoms with Crippen molar-refractivity contribution in [2.24, 2.45) is 10.7 Å². The highest BCUT2D eigenvalue weighted by Gasteiger charge is 2.31. The normalized spacial score (nSPS) is 27.2. The summed E-state index contributed by atoms with van der Waals surface area (Å²) in [6, 6.07) is 7.12. The number of hydrogen-bond donors (Lipinski definition) is 1. The van der Waals surface area contributed by atoms with Crippen molar-refractivity contribution in [3.63, 3.8) is 0 Å². The van der Waals surface area contributed by atoms with Crippen LogP contribution in [0.5, 0.6) is 0 Å². The maximum Gasteiger partial charge on any atom is 0.191 e. The van der Waals surface area contributed by atoms with E-state index < -0.39 is 0 Å². The summed E-state index contributed by atoms with van der Waals surface area (Å²) in [5.74, 6) is 0.871. The molecule has 3 rings (SSSR count). The zero-order valence-corrected chi connectivity index (χ0v) is 11.5. The molecule has 1 aliphatic heterocycles. The van der Waals surface area contributed by atoms with Crippen LogP contribution in [0, 0.1) is 5.82 Å². The Balaban J connectivity index is 1.54. The van der Waals surface area contributed by atoms with Crippen molar-refractivity contribution in [1.29, 1.82) is 0 Å². The van der Waals surface area contributed by atoms with Crippen LogP contribution in [0.25, 0.3) is 0 Å². The number of ether oxygens (including phenoxy) is 1. The van der Waals surface area contributed by atoms with Crippen molar-refractivity contribution in [1.82, 2.24) is 4.90 Å². The molecule has 0 atom stereocenters. The lowest BCUT2D eigenvalue weighted by atomic mass is 9.76. The standard InChI is InChI=1S/C15H20FN3O/c16-13-3-1-2-11(8-13)12-9-14(10-12)18-15(17)19-4-6-20-7-5-19/h1-3,8,12,14H,4-7,9-10H2,(H2,17,18). The summed E-state index contributed by atoms with van der Waals surface area (Å²) in [6.45, 7) is 3.06. The summed E-state index contributed by atoms with van der Waals surface area (Å²) >= 11 is 0. The van der Waals surface area contributed by atoms with Crippen molar-refractivity contribution >= 4 is 5.96 Å². The average molecular weight is 277 g/mol. The van der Waals surface area contributed by atoms with E-state index in [2.05, 4.69) is 9.89 Å². The summed E-state index contributed by atoms with van der Waals surface area (Å²) in [6.07, 6.45) is 1.91. The van der Waals surface area contributed by atoms with E-state index in [1.165, 1.54) is 6.07 Å². The van der Waals surface area contributed by atoms with Gasteiger partial charge in [0.25, 0.3) is 0 Å². The van der Waals surface area contributed by atoms with E-state index in [1.807, 2.05) is 6.07 Å². The number of benzene rings is 1. The smallest absolute Gasteiger partial charge is 0.191 e. The van der Waals surface area contributed by atoms with Gasteiger partial charge in [-0.25, -0.2) is 9.38 Å². The Morgan fingerprint density at radius 1 is 1.30 bits per heavy atom. The molecule has 2 N–H and O–H groups in total. The van der Waals surface area contributed by atoms with Crippen LogP contribution in [0.2, 0.25) is 0 Å². The molecule has 0 radical (unpaired) electrons. The van der Waals surface area contributed by atoms with Crippen LogP contribution in [-0.4, -0.2) is 43.2 Å². The van der Waals surface area contributed by atoms with Gasteiger partial charge >= 0.3 is 0 Å². The zero-order valence-electron chi connectivity index (χ0n) is 11.5. The Morgan fingerprint density at radius 3 is 2.75 bits per heavy atom. The molecule has 1 aliphatic carbocycles.